The van der Waals surface area contributed by atoms with Crippen molar-refractivity contribution in [3.05, 3.63) is 17.3 Å². The minimum Gasteiger partial charge on any atom is -0.444 e. The summed E-state index contributed by atoms with van der Waals surface area (Å²) in [5.74, 6) is 3.84. The molecule has 3 heteroatoms. The molecule has 0 amide bonds. The Hall–Kier alpha value is -0.830. The van der Waals surface area contributed by atoms with Crippen molar-refractivity contribution in [2.24, 2.45) is 11.8 Å². The summed E-state index contributed by atoms with van der Waals surface area (Å²) in [4.78, 5) is 4.43. The van der Waals surface area contributed by atoms with E-state index < -0.39 is 0 Å². The van der Waals surface area contributed by atoms with Gasteiger partial charge in [-0.15, -0.1) is 0 Å². The Labute approximate surface area is 109 Å². The van der Waals surface area contributed by atoms with E-state index in [9.17, 15) is 0 Å². The fraction of sp³-hybridized carbons (Fsp3) is 0.800. The second kappa shape index (κ2) is 5.04. The second-order valence-electron chi connectivity index (χ2n) is 6.09. The van der Waals surface area contributed by atoms with Crippen molar-refractivity contribution in [2.45, 2.75) is 65.0 Å². The van der Waals surface area contributed by atoms with E-state index in [0.29, 0.717) is 6.04 Å². The molecular weight excluding hydrogens is 224 g/mol. The van der Waals surface area contributed by atoms with Gasteiger partial charge in [0, 0.05) is 6.04 Å². The van der Waals surface area contributed by atoms with E-state index in [1.165, 1.54) is 38.5 Å². The molecule has 0 saturated heterocycles. The maximum Gasteiger partial charge on any atom is 0.208 e. The van der Waals surface area contributed by atoms with E-state index in [4.69, 9.17) is 4.42 Å². The zero-order valence-corrected chi connectivity index (χ0v) is 11.5. The molecule has 3 rings (SSSR count). The van der Waals surface area contributed by atoms with E-state index in [0.717, 1.165) is 35.7 Å². The van der Waals surface area contributed by atoms with Crippen LogP contribution in [0.2, 0.25) is 0 Å². The van der Waals surface area contributed by atoms with Gasteiger partial charge in [0.15, 0.2) is 0 Å². The minimum atomic E-state index is 0.678. The van der Waals surface area contributed by atoms with Crippen molar-refractivity contribution in [2.75, 3.05) is 0 Å². The topological polar surface area (TPSA) is 38.1 Å². The molecule has 2 aliphatic rings. The molecule has 0 aromatic carbocycles. The van der Waals surface area contributed by atoms with Crippen molar-refractivity contribution in [3.8, 4) is 0 Å². The standard InChI is InChI=1S/C15H24N2O/c1-10-11(2)18-15(17-10)9-16-14-5-3-4-13(8-14)12-6-7-12/h12-14,16H,3-9H2,1-2H3. The number of hydrogen-bond acceptors (Lipinski definition) is 3. The Morgan fingerprint density at radius 3 is 2.67 bits per heavy atom. The first-order valence-corrected chi connectivity index (χ1v) is 7.38. The monoisotopic (exact) mass is 248 g/mol. The summed E-state index contributed by atoms with van der Waals surface area (Å²) < 4.78 is 5.62. The Balaban J connectivity index is 1.50. The zero-order chi connectivity index (χ0) is 12.5. The van der Waals surface area contributed by atoms with Crippen molar-refractivity contribution >= 4 is 0 Å². The lowest BCUT2D eigenvalue weighted by Gasteiger charge is -2.29. The van der Waals surface area contributed by atoms with Crippen LogP contribution < -0.4 is 5.32 Å². The van der Waals surface area contributed by atoms with Crippen molar-refractivity contribution in [3.63, 3.8) is 0 Å². The van der Waals surface area contributed by atoms with Gasteiger partial charge < -0.3 is 9.73 Å². The first-order chi connectivity index (χ1) is 8.72. The lowest BCUT2D eigenvalue weighted by atomic mass is 9.83. The highest BCUT2D eigenvalue weighted by Gasteiger charge is 2.34. The Bertz CT molecular complexity index is 389. The average molecular weight is 248 g/mol. The Morgan fingerprint density at radius 1 is 1.17 bits per heavy atom. The van der Waals surface area contributed by atoms with Gasteiger partial charge in [0.1, 0.15) is 5.76 Å². The van der Waals surface area contributed by atoms with Gasteiger partial charge >= 0.3 is 0 Å². The van der Waals surface area contributed by atoms with Crippen LogP contribution in [0.15, 0.2) is 4.42 Å². The van der Waals surface area contributed by atoms with Crippen LogP contribution in [0.1, 0.15) is 55.9 Å². The molecule has 0 spiro atoms. The van der Waals surface area contributed by atoms with Crippen molar-refractivity contribution < 1.29 is 4.42 Å². The summed E-state index contributed by atoms with van der Waals surface area (Å²) in [5.41, 5.74) is 1.02. The van der Waals surface area contributed by atoms with E-state index in [2.05, 4.69) is 10.3 Å². The maximum atomic E-state index is 5.62. The van der Waals surface area contributed by atoms with E-state index in [1.807, 2.05) is 13.8 Å². The third-order valence-corrected chi connectivity index (χ3v) is 4.62. The van der Waals surface area contributed by atoms with Gasteiger partial charge in [0.2, 0.25) is 5.89 Å². The third-order valence-electron chi connectivity index (χ3n) is 4.62. The molecule has 2 fully saturated rings. The number of rotatable bonds is 4. The second-order valence-corrected chi connectivity index (χ2v) is 6.09. The van der Waals surface area contributed by atoms with Crippen molar-refractivity contribution in [1.82, 2.24) is 10.3 Å². The molecule has 18 heavy (non-hydrogen) atoms. The summed E-state index contributed by atoms with van der Waals surface area (Å²) >= 11 is 0. The lowest BCUT2D eigenvalue weighted by Crippen LogP contribution is -2.34. The molecule has 1 heterocycles. The van der Waals surface area contributed by atoms with Crippen LogP contribution in [0.25, 0.3) is 0 Å². The predicted molar refractivity (Wildman–Crippen MR) is 71.3 cm³/mol. The van der Waals surface area contributed by atoms with Gasteiger partial charge in [0.05, 0.1) is 12.2 Å². The predicted octanol–water partition coefficient (Wildman–Crippen LogP) is 3.35. The number of aryl methyl sites for hydroxylation is 2. The number of oxazole rings is 1. The number of nitrogens with zero attached hydrogens (tertiary/aromatic N) is 1. The first-order valence-electron chi connectivity index (χ1n) is 7.38. The van der Waals surface area contributed by atoms with Crippen LogP contribution in [0.3, 0.4) is 0 Å². The highest BCUT2D eigenvalue weighted by atomic mass is 16.4. The van der Waals surface area contributed by atoms with Gasteiger partial charge in [-0.1, -0.05) is 12.8 Å². The summed E-state index contributed by atoms with van der Waals surface area (Å²) in [6.07, 6.45) is 8.50. The molecule has 0 radical (unpaired) electrons. The molecule has 3 nitrogen and oxygen atoms in total. The molecule has 2 unspecified atom stereocenters. The normalized spacial score (nSPS) is 28.6. The van der Waals surface area contributed by atoms with Crippen LogP contribution in [0.4, 0.5) is 0 Å². The van der Waals surface area contributed by atoms with Crippen LogP contribution in [0.5, 0.6) is 0 Å². The first kappa shape index (κ1) is 12.2. The van der Waals surface area contributed by atoms with Crippen LogP contribution in [-0.4, -0.2) is 11.0 Å². The SMILES string of the molecule is Cc1nc(CNC2CCCC(C3CC3)C2)oc1C. The fourth-order valence-corrected chi connectivity index (χ4v) is 3.26. The smallest absolute Gasteiger partial charge is 0.208 e. The zero-order valence-electron chi connectivity index (χ0n) is 11.5. The molecule has 1 aromatic rings. The summed E-state index contributed by atoms with van der Waals surface area (Å²) in [6, 6.07) is 0.678. The van der Waals surface area contributed by atoms with Crippen molar-refractivity contribution in [1.29, 1.82) is 0 Å². The third kappa shape index (κ3) is 2.77. The summed E-state index contributed by atoms with van der Waals surface area (Å²) in [6.45, 7) is 4.78. The Morgan fingerprint density at radius 2 is 2.00 bits per heavy atom. The molecule has 2 saturated carbocycles. The average Bonchev–Trinajstić information content (AvgIpc) is 3.16. The van der Waals surface area contributed by atoms with E-state index in [1.54, 1.807) is 0 Å². The number of nitrogens with one attached hydrogen (secondary N) is 1. The summed E-state index contributed by atoms with van der Waals surface area (Å²) in [5, 5.41) is 3.63. The van der Waals surface area contributed by atoms with Gasteiger partial charge in [-0.3, -0.25) is 0 Å². The fourth-order valence-electron chi connectivity index (χ4n) is 3.26. The molecule has 0 bridgehead atoms. The van der Waals surface area contributed by atoms with Crippen LogP contribution >= 0.6 is 0 Å². The van der Waals surface area contributed by atoms with Crippen LogP contribution in [-0.2, 0) is 6.54 Å². The highest BCUT2D eigenvalue weighted by Crippen LogP contribution is 2.43. The largest absolute Gasteiger partial charge is 0.444 e. The van der Waals surface area contributed by atoms with Gasteiger partial charge in [0.25, 0.3) is 0 Å². The molecule has 100 valence electrons. The van der Waals surface area contributed by atoms with Crippen LogP contribution in [0, 0.1) is 25.7 Å². The van der Waals surface area contributed by atoms with Gasteiger partial charge in [-0.05, 0) is 51.4 Å². The molecule has 2 aliphatic carbocycles. The highest BCUT2D eigenvalue weighted by molar-refractivity contribution is 5.05. The maximum absolute atomic E-state index is 5.62. The molecular formula is C15H24N2O. The molecule has 1 N–H and O–H groups in total. The van der Waals surface area contributed by atoms with E-state index >= 15 is 0 Å². The van der Waals surface area contributed by atoms with E-state index in [-0.39, 0.29) is 0 Å². The summed E-state index contributed by atoms with van der Waals surface area (Å²) in [7, 11) is 0. The molecule has 0 aliphatic heterocycles. The number of hydrogen-bond donors (Lipinski definition) is 1. The quantitative estimate of drug-likeness (QED) is 0.888. The number of aromatic nitrogens is 1. The lowest BCUT2D eigenvalue weighted by molar-refractivity contribution is 0.255. The van der Waals surface area contributed by atoms with Gasteiger partial charge in [-0.25, -0.2) is 4.98 Å². The van der Waals surface area contributed by atoms with Gasteiger partial charge in [-0.2, -0.15) is 0 Å². The Kier molecular flexibility index (Phi) is 3.42. The minimum absolute atomic E-state index is 0.678. The molecule has 2 atom stereocenters. The molecule has 1 aromatic heterocycles.